The minimum absolute atomic E-state index is 0.433. The van der Waals surface area contributed by atoms with Gasteiger partial charge < -0.3 is 10.5 Å². The van der Waals surface area contributed by atoms with E-state index in [1.807, 2.05) is 43.3 Å². The number of pyridine rings is 1. The topological polar surface area (TPSA) is 48.1 Å². The van der Waals surface area contributed by atoms with Crippen molar-refractivity contribution in [3.8, 4) is 5.75 Å². The van der Waals surface area contributed by atoms with E-state index in [0.29, 0.717) is 18.2 Å². The molecule has 17 heavy (non-hydrogen) atoms. The van der Waals surface area contributed by atoms with Gasteiger partial charge in [-0.3, -0.25) is 0 Å². The first-order chi connectivity index (χ1) is 8.15. The maximum absolute atomic E-state index is 5.77. The summed E-state index contributed by atoms with van der Waals surface area (Å²) >= 11 is 3.39. The highest BCUT2D eigenvalue weighted by Gasteiger charge is 2.02. The molecule has 0 saturated heterocycles. The van der Waals surface area contributed by atoms with Crippen molar-refractivity contribution in [2.75, 3.05) is 5.73 Å². The van der Waals surface area contributed by atoms with Gasteiger partial charge in [0.05, 0.1) is 0 Å². The zero-order chi connectivity index (χ0) is 12.3. The fraction of sp³-hybridized carbons (Fsp3) is 0.154. The van der Waals surface area contributed by atoms with Gasteiger partial charge in [0.25, 0.3) is 0 Å². The van der Waals surface area contributed by atoms with Crippen LogP contribution in [0.4, 0.5) is 5.82 Å². The van der Waals surface area contributed by atoms with Gasteiger partial charge in [0.15, 0.2) is 11.6 Å². The monoisotopic (exact) mass is 292 g/mol. The van der Waals surface area contributed by atoms with Crippen molar-refractivity contribution in [3.05, 3.63) is 52.1 Å². The number of nitrogen functional groups attached to an aromatic ring is 1. The average molecular weight is 293 g/mol. The van der Waals surface area contributed by atoms with Crippen molar-refractivity contribution in [2.45, 2.75) is 13.5 Å². The van der Waals surface area contributed by atoms with E-state index in [0.717, 1.165) is 15.7 Å². The van der Waals surface area contributed by atoms with Gasteiger partial charge in [0.1, 0.15) is 6.61 Å². The van der Waals surface area contributed by atoms with Crippen LogP contribution in [0.2, 0.25) is 0 Å². The van der Waals surface area contributed by atoms with Crippen LogP contribution in [0.15, 0.2) is 40.9 Å². The molecule has 4 heteroatoms. The molecule has 0 fully saturated rings. The summed E-state index contributed by atoms with van der Waals surface area (Å²) in [7, 11) is 0. The molecule has 1 aromatic heterocycles. The number of nitrogens with two attached hydrogens (primary N) is 1. The van der Waals surface area contributed by atoms with Crippen molar-refractivity contribution in [2.24, 2.45) is 0 Å². The largest absolute Gasteiger partial charge is 0.485 e. The second-order valence-electron chi connectivity index (χ2n) is 3.75. The van der Waals surface area contributed by atoms with Crippen LogP contribution in [0.1, 0.15) is 11.3 Å². The van der Waals surface area contributed by atoms with E-state index in [-0.39, 0.29) is 0 Å². The average Bonchev–Trinajstić information content (AvgIpc) is 2.30. The first kappa shape index (κ1) is 11.9. The number of benzene rings is 1. The Morgan fingerprint density at radius 2 is 1.88 bits per heavy atom. The number of aromatic nitrogens is 1. The number of aryl methyl sites for hydroxylation is 1. The molecule has 0 aliphatic carbocycles. The molecule has 0 amide bonds. The van der Waals surface area contributed by atoms with Crippen LogP contribution < -0.4 is 10.5 Å². The summed E-state index contributed by atoms with van der Waals surface area (Å²) in [5.74, 6) is 1.06. The lowest BCUT2D eigenvalue weighted by Crippen LogP contribution is -2.01. The highest BCUT2D eigenvalue weighted by molar-refractivity contribution is 9.10. The third-order valence-electron chi connectivity index (χ3n) is 2.33. The lowest BCUT2D eigenvalue weighted by Gasteiger charge is -2.08. The Kier molecular flexibility index (Phi) is 3.64. The van der Waals surface area contributed by atoms with Crippen LogP contribution in [0.3, 0.4) is 0 Å². The quantitative estimate of drug-likeness (QED) is 0.944. The van der Waals surface area contributed by atoms with Crippen LogP contribution in [-0.2, 0) is 6.61 Å². The molecule has 3 nitrogen and oxygen atoms in total. The Labute approximate surface area is 109 Å². The number of ether oxygens (including phenoxy) is 1. The molecule has 0 aliphatic rings. The molecule has 0 saturated carbocycles. The van der Waals surface area contributed by atoms with Crippen LogP contribution in [-0.4, -0.2) is 4.98 Å². The van der Waals surface area contributed by atoms with E-state index in [2.05, 4.69) is 20.9 Å². The molecule has 0 radical (unpaired) electrons. The molecule has 2 N–H and O–H groups in total. The van der Waals surface area contributed by atoms with Gasteiger partial charge >= 0.3 is 0 Å². The third-order valence-corrected chi connectivity index (χ3v) is 2.86. The van der Waals surface area contributed by atoms with Crippen molar-refractivity contribution in [1.82, 2.24) is 4.98 Å². The van der Waals surface area contributed by atoms with Crippen LogP contribution in [0.25, 0.3) is 0 Å². The van der Waals surface area contributed by atoms with Crippen LogP contribution >= 0.6 is 15.9 Å². The fourth-order valence-corrected chi connectivity index (χ4v) is 1.69. The lowest BCUT2D eigenvalue weighted by atomic mass is 10.2. The minimum Gasteiger partial charge on any atom is -0.485 e. The molecular formula is C13H13BrN2O. The van der Waals surface area contributed by atoms with E-state index >= 15 is 0 Å². The summed E-state index contributed by atoms with van der Waals surface area (Å²) in [5, 5.41) is 0. The van der Waals surface area contributed by atoms with E-state index in [1.54, 1.807) is 0 Å². The zero-order valence-corrected chi connectivity index (χ0v) is 11.1. The zero-order valence-electron chi connectivity index (χ0n) is 9.48. The predicted molar refractivity (Wildman–Crippen MR) is 71.9 cm³/mol. The van der Waals surface area contributed by atoms with Crippen LogP contribution in [0.5, 0.6) is 5.75 Å². The minimum atomic E-state index is 0.433. The Hall–Kier alpha value is -1.55. The summed E-state index contributed by atoms with van der Waals surface area (Å²) in [4.78, 5) is 4.15. The second kappa shape index (κ2) is 5.19. The first-order valence-corrected chi connectivity index (χ1v) is 6.05. The number of anilines is 1. The van der Waals surface area contributed by atoms with Crippen molar-refractivity contribution in [3.63, 3.8) is 0 Å². The molecular weight excluding hydrogens is 280 g/mol. The summed E-state index contributed by atoms with van der Waals surface area (Å²) in [6.07, 6.45) is 0. The number of hydrogen-bond acceptors (Lipinski definition) is 3. The molecule has 1 heterocycles. The van der Waals surface area contributed by atoms with Gasteiger partial charge in [-0.25, -0.2) is 4.98 Å². The first-order valence-electron chi connectivity index (χ1n) is 5.25. The normalized spacial score (nSPS) is 10.2. The van der Waals surface area contributed by atoms with Gasteiger partial charge in [-0.1, -0.05) is 28.1 Å². The Morgan fingerprint density at radius 1 is 1.18 bits per heavy atom. The number of nitrogens with zero attached hydrogens (tertiary/aromatic N) is 1. The Morgan fingerprint density at radius 3 is 2.53 bits per heavy atom. The molecule has 2 rings (SSSR count). The predicted octanol–water partition coefficient (Wildman–Crippen LogP) is 3.31. The van der Waals surface area contributed by atoms with Gasteiger partial charge in [-0.05, 0) is 36.8 Å². The SMILES string of the molecule is Cc1ccc(OCc2ccc(Br)cc2)c(N)n1. The van der Waals surface area contributed by atoms with Gasteiger partial charge in [-0.2, -0.15) is 0 Å². The van der Waals surface area contributed by atoms with E-state index in [9.17, 15) is 0 Å². The molecule has 2 aromatic rings. The molecule has 0 unspecified atom stereocenters. The summed E-state index contributed by atoms with van der Waals surface area (Å²) in [6, 6.07) is 11.7. The number of halogens is 1. The molecule has 0 bridgehead atoms. The summed E-state index contributed by atoms with van der Waals surface area (Å²) < 4.78 is 6.67. The summed E-state index contributed by atoms with van der Waals surface area (Å²) in [6.45, 7) is 2.39. The number of hydrogen-bond donors (Lipinski definition) is 1. The van der Waals surface area contributed by atoms with Crippen molar-refractivity contribution in [1.29, 1.82) is 0 Å². The smallest absolute Gasteiger partial charge is 0.166 e. The van der Waals surface area contributed by atoms with E-state index in [4.69, 9.17) is 10.5 Å². The Bertz CT molecular complexity index is 511. The highest BCUT2D eigenvalue weighted by Crippen LogP contribution is 2.20. The summed E-state index contributed by atoms with van der Waals surface area (Å²) in [5.41, 5.74) is 7.74. The maximum atomic E-state index is 5.77. The second-order valence-corrected chi connectivity index (χ2v) is 4.67. The molecule has 0 spiro atoms. The van der Waals surface area contributed by atoms with Gasteiger partial charge in [0.2, 0.25) is 0 Å². The maximum Gasteiger partial charge on any atom is 0.166 e. The van der Waals surface area contributed by atoms with Crippen molar-refractivity contribution >= 4 is 21.7 Å². The molecule has 1 aromatic carbocycles. The molecule has 0 aliphatic heterocycles. The third kappa shape index (κ3) is 3.20. The highest BCUT2D eigenvalue weighted by atomic mass is 79.9. The van der Waals surface area contributed by atoms with E-state index in [1.165, 1.54) is 0 Å². The molecule has 88 valence electrons. The molecule has 0 atom stereocenters. The van der Waals surface area contributed by atoms with Crippen molar-refractivity contribution < 1.29 is 4.74 Å². The van der Waals surface area contributed by atoms with Gasteiger partial charge in [0, 0.05) is 10.2 Å². The fourth-order valence-electron chi connectivity index (χ4n) is 1.43. The number of rotatable bonds is 3. The van der Waals surface area contributed by atoms with Gasteiger partial charge in [-0.15, -0.1) is 0 Å². The lowest BCUT2D eigenvalue weighted by molar-refractivity contribution is 0.307. The van der Waals surface area contributed by atoms with E-state index < -0.39 is 0 Å². The Balaban J connectivity index is 2.04. The van der Waals surface area contributed by atoms with Crippen LogP contribution in [0, 0.1) is 6.92 Å². The standard InChI is InChI=1S/C13H13BrN2O/c1-9-2-7-12(13(15)16-9)17-8-10-3-5-11(14)6-4-10/h2-7H,8H2,1H3,(H2,15,16).